The summed E-state index contributed by atoms with van der Waals surface area (Å²) in [6, 6.07) is 12.0. The summed E-state index contributed by atoms with van der Waals surface area (Å²) in [5, 5.41) is 12.1. The fraction of sp³-hybridized carbons (Fsp3) is 0.375. The van der Waals surface area contributed by atoms with E-state index in [1.807, 2.05) is 18.2 Å². The highest BCUT2D eigenvalue weighted by atomic mass is 127. The van der Waals surface area contributed by atoms with Crippen LogP contribution in [0.2, 0.25) is 0 Å². The molecule has 0 aliphatic heterocycles. The molecule has 2 heteroatoms. The number of hydrogen-bond acceptors (Lipinski definition) is 1. The summed E-state index contributed by atoms with van der Waals surface area (Å²) in [6.45, 7) is 6.79. The number of halogens is 1. The van der Waals surface area contributed by atoms with Gasteiger partial charge in [-0.05, 0) is 28.9 Å². The van der Waals surface area contributed by atoms with Crippen LogP contribution in [0.3, 0.4) is 0 Å². The summed E-state index contributed by atoms with van der Waals surface area (Å²) in [6.07, 6.45) is 0. The predicted octanol–water partition coefficient (Wildman–Crippen LogP) is 5.11. The third-order valence-electron chi connectivity index (χ3n) is 3.50. The predicted molar refractivity (Wildman–Crippen MR) is 86.7 cm³/mol. The Morgan fingerprint density at radius 2 is 1.56 bits per heavy atom. The van der Waals surface area contributed by atoms with Crippen LogP contribution >= 0.6 is 22.6 Å². The lowest BCUT2D eigenvalue weighted by Crippen LogP contribution is -2.15. The van der Waals surface area contributed by atoms with Crippen LogP contribution < -0.4 is 0 Å². The molecule has 2 aromatic carbocycles. The molecule has 0 aromatic heterocycles. The monoisotopic (exact) mass is 354 g/mol. The van der Waals surface area contributed by atoms with Gasteiger partial charge < -0.3 is 5.11 Å². The van der Waals surface area contributed by atoms with Crippen molar-refractivity contribution < 1.29 is 5.11 Å². The number of phenolic OH excluding ortho intramolecular Hbond substituents is 1. The zero-order valence-electron chi connectivity index (χ0n) is 11.0. The molecule has 0 amide bonds. The molecular weight excluding hydrogens is 335 g/mol. The van der Waals surface area contributed by atoms with Crippen molar-refractivity contribution in [2.45, 2.75) is 30.6 Å². The van der Waals surface area contributed by atoms with Crippen LogP contribution in [0.1, 0.15) is 32.3 Å². The number of hydrogen-bond donors (Lipinski definition) is 1. The maximum absolute atomic E-state index is 9.95. The second kappa shape index (κ2) is 5.47. The van der Waals surface area contributed by atoms with Crippen molar-refractivity contribution in [3.63, 3.8) is 0 Å². The average molecular weight is 354 g/mol. The van der Waals surface area contributed by atoms with Gasteiger partial charge in [-0.2, -0.15) is 0 Å². The largest absolute Gasteiger partial charge is 0.507 e. The van der Waals surface area contributed by atoms with Gasteiger partial charge in [0.15, 0.2) is 0 Å². The summed E-state index contributed by atoms with van der Waals surface area (Å²) >= 11 is 2.50. The molecule has 0 bridgehead atoms. The fourth-order valence-corrected chi connectivity index (χ4v) is 3.96. The zero-order valence-corrected chi connectivity index (χ0v) is 13.2. The Bertz CT molecular complexity index is 538. The summed E-state index contributed by atoms with van der Waals surface area (Å²) in [5.74, 6) is 1.47. The lowest BCUT2D eigenvalue weighted by molar-refractivity contribution is 0.481. The standard InChI is InChI=1S/C16H19IO/c1-10(2)16(11(3)17)14-8-4-7-13-12(14)6-5-9-15(13)18/h4-11,16,18H,1-3H3. The van der Waals surface area contributed by atoms with Crippen molar-refractivity contribution >= 4 is 33.4 Å². The Morgan fingerprint density at radius 1 is 0.944 bits per heavy atom. The molecule has 1 nitrogen and oxygen atoms in total. The van der Waals surface area contributed by atoms with Gasteiger partial charge in [-0.1, -0.05) is 73.7 Å². The Kier molecular flexibility index (Phi) is 4.15. The maximum atomic E-state index is 9.95. The molecule has 1 N–H and O–H groups in total. The van der Waals surface area contributed by atoms with Crippen LogP contribution in [0, 0.1) is 5.92 Å². The quantitative estimate of drug-likeness (QED) is 0.600. The van der Waals surface area contributed by atoms with E-state index in [1.54, 1.807) is 6.07 Å². The Balaban J connectivity index is 2.67. The van der Waals surface area contributed by atoms with Gasteiger partial charge >= 0.3 is 0 Å². The van der Waals surface area contributed by atoms with Crippen LogP contribution in [-0.4, -0.2) is 9.03 Å². The first-order valence-corrected chi connectivity index (χ1v) is 7.61. The summed E-state index contributed by atoms with van der Waals surface area (Å²) in [4.78, 5) is 0. The Hall–Kier alpha value is -0.770. The molecule has 2 rings (SSSR count). The molecule has 0 spiro atoms. The fourth-order valence-electron chi connectivity index (χ4n) is 2.75. The Labute approximate surface area is 122 Å². The Morgan fingerprint density at radius 3 is 2.17 bits per heavy atom. The van der Waals surface area contributed by atoms with Crippen molar-refractivity contribution in [3.05, 3.63) is 42.0 Å². The highest BCUT2D eigenvalue weighted by Gasteiger charge is 2.22. The van der Waals surface area contributed by atoms with Gasteiger partial charge in [0.1, 0.15) is 5.75 Å². The van der Waals surface area contributed by atoms with E-state index >= 15 is 0 Å². The van der Waals surface area contributed by atoms with Gasteiger partial charge in [0.25, 0.3) is 0 Å². The molecule has 2 unspecified atom stereocenters. The van der Waals surface area contributed by atoms with E-state index < -0.39 is 0 Å². The first kappa shape index (κ1) is 13.7. The SMILES string of the molecule is CC(C)C(c1cccc2c(O)cccc12)C(C)I. The van der Waals surface area contributed by atoms with E-state index in [1.165, 1.54) is 10.9 Å². The van der Waals surface area contributed by atoms with E-state index in [9.17, 15) is 5.11 Å². The number of alkyl halides is 1. The molecule has 0 aliphatic carbocycles. The van der Waals surface area contributed by atoms with Crippen LogP contribution in [0.15, 0.2) is 36.4 Å². The number of phenols is 1. The van der Waals surface area contributed by atoms with Gasteiger partial charge in [0, 0.05) is 9.31 Å². The minimum absolute atomic E-state index is 0.373. The summed E-state index contributed by atoms with van der Waals surface area (Å²) < 4.78 is 0.565. The maximum Gasteiger partial charge on any atom is 0.123 e. The number of aromatic hydroxyl groups is 1. The van der Waals surface area contributed by atoms with Crippen molar-refractivity contribution in [2.75, 3.05) is 0 Å². The minimum Gasteiger partial charge on any atom is -0.507 e. The summed E-state index contributed by atoms with van der Waals surface area (Å²) in [7, 11) is 0. The van der Waals surface area contributed by atoms with Gasteiger partial charge in [-0.25, -0.2) is 0 Å². The number of benzene rings is 2. The molecule has 0 radical (unpaired) electrons. The van der Waals surface area contributed by atoms with Crippen LogP contribution in [0.25, 0.3) is 10.8 Å². The second-order valence-electron chi connectivity index (χ2n) is 5.17. The number of fused-ring (bicyclic) bond motifs is 1. The highest BCUT2D eigenvalue weighted by Crippen LogP contribution is 2.38. The molecule has 0 heterocycles. The first-order chi connectivity index (χ1) is 8.52. The molecule has 0 saturated heterocycles. The van der Waals surface area contributed by atoms with E-state index in [0.717, 1.165) is 5.39 Å². The number of rotatable bonds is 3. The molecule has 96 valence electrons. The van der Waals surface area contributed by atoms with E-state index in [2.05, 4.69) is 55.5 Å². The minimum atomic E-state index is 0.373. The van der Waals surface area contributed by atoms with Gasteiger partial charge in [-0.15, -0.1) is 0 Å². The second-order valence-corrected chi connectivity index (χ2v) is 7.13. The highest BCUT2D eigenvalue weighted by molar-refractivity contribution is 14.1. The van der Waals surface area contributed by atoms with Crippen molar-refractivity contribution in [1.29, 1.82) is 0 Å². The van der Waals surface area contributed by atoms with Gasteiger partial charge in [0.05, 0.1) is 0 Å². The first-order valence-electron chi connectivity index (χ1n) is 6.37. The molecule has 0 aliphatic rings. The average Bonchev–Trinajstić information content (AvgIpc) is 2.29. The van der Waals surface area contributed by atoms with Gasteiger partial charge in [-0.3, -0.25) is 0 Å². The third-order valence-corrected chi connectivity index (χ3v) is 4.28. The van der Waals surface area contributed by atoms with Crippen molar-refractivity contribution in [3.8, 4) is 5.75 Å². The van der Waals surface area contributed by atoms with E-state index in [-0.39, 0.29) is 0 Å². The van der Waals surface area contributed by atoms with Crippen molar-refractivity contribution in [2.24, 2.45) is 5.92 Å². The van der Waals surface area contributed by atoms with Crippen molar-refractivity contribution in [1.82, 2.24) is 0 Å². The molecule has 0 saturated carbocycles. The smallest absolute Gasteiger partial charge is 0.123 e. The molecular formula is C16H19IO. The molecule has 18 heavy (non-hydrogen) atoms. The van der Waals surface area contributed by atoms with E-state index in [4.69, 9.17) is 0 Å². The zero-order chi connectivity index (χ0) is 13.3. The lowest BCUT2D eigenvalue weighted by Gasteiger charge is -2.25. The van der Waals surface area contributed by atoms with Gasteiger partial charge in [0.2, 0.25) is 0 Å². The molecule has 2 aromatic rings. The molecule has 2 atom stereocenters. The normalized spacial score (nSPS) is 14.9. The summed E-state index contributed by atoms with van der Waals surface area (Å²) in [5.41, 5.74) is 1.35. The molecule has 0 fully saturated rings. The van der Waals surface area contributed by atoms with Crippen LogP contribution in [-0.2, 0) is 0 Å². The van der Waals surface area contributed by atoms with E-state index in [0.29, 0.717) is 21.5 Å². The third kappa shape index (κ3) is 2.48. The van der Waals surface area contributed by atoms with Crippen LogP contribution in [0.4, 0.5) is 0 Å². The van der Waals surface area contributed by atoms with Crippen LogP contribution in [0.5, 0.6) is 5.75 Å². The lowest BCUT2D eigenvalue weighted by atomic mass is 9.83. The topological polar surface area (TPSA) is 20.2 Å².